The number of rotatable bonds is 5. The van der Waals surface area contributed by atoms with Gasteiger partial charge in [-0.05, 0) is 42.3 Å². The molecule has 25 heavy (non-hydrogen) atoms. The van der Waals surface area contributed by atoms with Gasteiger partial charge in [0, 0.05) is 15.7 Å². The zero-order valence-corrected chi connectivity index (χ0v) is 15.4. The molecular formula is C21H18BrNO2. The third-order valence-electron chi connectivity index (χ3n) is 3.79. The minimum absolute atomic E-state index is 0.0375. The minimum Gasteiger partial charge on any atom is -0.484 e. The molecule has 0 fully saturated rings. The lowest BCUT2D eigenvalue weighted by atomic mass is 10.0. The van der Waals surface area contributed by atoms with Gasteiger partial charge in [0.1, 0.15) is 5.75 Å². The molecule has 0 heterocycles. The second-order valence-electron chi connectivity index (χ2n) is 5.66. The normalized spacial score (nSPS) is 10.3. The molecule has 3 aromatic carbocycles. The lowest BCUT2D eigenvalue weighted by Crippen LogP contribution is -2.20. The van der Waals surface area contributed by atoms with Gasteiger partial charge < -0.3 is 10.1 Å². The van der Waals surface area contributed by atoms with Gasteiger partial charge in [0.2, 0.25) is 0 Å². The van der Waals surface area contributed by atoms with E-state index in [0.29, 0.717) is 5.75 Å². The number of nitrogens with one attached hydrogen (secondary N) is 1. The molecule has 3 nitrogen and oxygen atoms in total. The Morgan fingerprint density at radius 2 is 1.72 bits per heavy atom. The molecule has 1 amide bonds. The first-order valence-corrected chi connectivity index (χ1v) is 8.76. The average molecular weight is 396 g/mol. The average Bonchev–Trinajstić information content (AvgIpc) is 2.64. The first-order chi connectivity index (χ1) is 12.1. The Kier molecular flexibility index (Phi) is 5.51. The Labute approximate surface area is 155 Å². The zero-order chi connectivity index (χ0) is 17.6. The van der Waals surface area contributed by atoms with Gasteiger partial charge in [-0.25, -0.2) is 0 Å². The molecule has 0 aliphatic rings. The Bertz CT molecular complexity index is 878. The van der Waals surface area contributed by atoms with Gasteiger partial charge in [-0.2, -0.15) is 0 Å². The summed E-state index contributed by atoms with van der Waals surface area (Å²) in [5.74, 6) is 0.483. The summed E-state index contributed by atoms with van der Waals surface area (Å²) >= 11 is 3.45. The summed E-state index contributed by atoms with van der Waals surface area (Å²) in [5, 5.41) is 2.93. The summed E-state index contributed by atoms with van der Waals surface area (Å²) in [6.45, 7) is 1.94. The van der Waals surface area contributed by atoms with E-state index in [9.17, 15) is 4.79 Å². The second kappa shape index (κ2) is 7.99. The molecule has 0 aromatic heterocycles. The zero-order valence-electron chi connectivity index (χ0n) is 13.8. The van der Waals surface area contributed by atoms with Crippen LogP contribution in [0.15, 0.2) is 77.3 Å². The van der Waals surface area contributed by atoms with Gasteiger partial charge in [-0.3, -0.25) is 4.79 Å². The first kappa shape index (κ1) is 17.2. The van der Waals surface area contributed by atoms with E-state index in [1.54, 1.807) is 0 Å². The number of para-hydroxylation sites is 1. The Balaban J connectivity index is 1.68. The maximum Gasteiger partial charge on any atom is 0.262 e. The third-order valence-corrected chi connectivity index (χ3v) is 4.68. The SMILES string of the molecule is Cc1cc(OCC(=O)Nc2ccccc2-c2ccccc2)ccc1Br. The van der Waals surface area contributed by atoms with E-state index in [-0.39, 0.29) is 12.5 Å². The highest BCUT2D eigenvalue weighted by atomic mass is 79.9. The summed E-state index contributed by atoms with van der Waals surface area (Å²) in [4.78, 5) is 12.3. The number of carbonyl (C=O) groups is 1. The highest BCUT2D eigenvalue weighted by Crippen LogP contribution is 2.27. The Morgan fingerprint density at radius 1 is 1.00 bits per heavy atom. The molecule has 0 saturated heterocycles. The number of ether oxygens (including phenoxy) is 1. The Morgan fingerprint density at radius 3 is 2.48 bits per heavy atom. The van der Waals surface area contributed by atoms with Crippen molar-refractivity contribution < 1.29 is 9.53 Å². The van der Waals surface area contributed by atoms with Crippen LogP contribution in [0.1, 0.15) is 5.56 Å². The Hall–Kier alpha value is -2.59. The minimum atomic E-state index is -0.191. The molecule has 0 spiro atoms. The summed E-state index contributed by atoms with van der Waals surface area (Å²) in [5.41, 5.74) is 3.88. The van der Waals surface area contributed by atoms with Crippen LogP contribution in [-0.2, 0) is 4.79 Å². The van der Waals surface area contributed by atoms with E-state index in [0.717, 1.165) is 26.9 Å². The van der Waals surface area contributed by atoms with Crippen LogP contribution in [0.5, 0.6) is 5.75 Å². The summed E-state index contributed by atoms with van der Waals surface area (Å²) in [6.07, 6.45) is 0. The van der Waals surface area contributed by atoms with Gasteiger partial charge in [0.15, 0.2) is 6.61 Å². The van der Waals surface area contributed by atoms with Crippen LogP contribution in [0.4, 0.5) is 5.69 Å². The molecule has 0 aliphatic heterocycles. The van der Waals surface area contributed by atoms with E-state index < -0.39 is 0 Å². The fourth-order valence-electron chi connectivity index (χ4n) is 2.50. The van der Waals surface area contributed by atoms with E-state index in [1.165, 1.54) is 0 Å². The van der Waals surface area contributed by atoms with Crippen molar-refractivity contribution in [1.82, 2.24) is 0 Å². The molecule has 3 aromatic rings. The molecule has 4 heteroatoms. The monoisotopic (exact) mass is 395 g/mol. The molecule has 0 saturated carbocycles. The van der Waals surface area contributed by atoms with Crippen molar-refractivity contribution in [3.05, 3.63) is 82.8 Å². The molecule has 1 N–H and O–H groups in total. The standard InChI is InChI=1S/C21H18BrNO2/c1-15-13-17(11-12-19(15)22)25-14-21(24)23-20-10-6-5-9-18(20)16-7-3-2-4-8-16/h2-13H,14H2,1H3,(H,23,24). The highest BCUT2D eigenvalue weighted by Gasteiger charge is 2.09. The van der Waals surface area contributed by atoms with Crippen LogP contribution in [0.3, 0.4) is 0 Å². The van der Waals surface area contributed by atoms with Crippen molar-refractivity contribution in [2.24, 2.45) is 0 Å². The van der Waals surface area contributed by atoms with E-state index in [1.807, 2.05) is 79.7 Å². The quantitative estimate of drug-likeness (QED) is 0.624. The van der Waals surface area contributed by atoms with Crippen LogP contribution in [0.25, 0.3) is 11.1 Å². The predicted octanol–water partition coefficient (Wildman–Crippen LogP) is 5.44. The maximum atomic E-state index is 12.3. The van der Waals surface area contributed by atoms with Crippen molar-refractivity contribution in [3.8, 4) is 16.9 Å². The van der Waals surface area contributed by atoms with Crippen LogP contribution >= 0.6 is 15.9 Å². The number of hydrogen-bond donors (Lipinski definition) is 1. The van der Waals surface area contributed by atoms with Crippen LogP contribution in [-0.4, -0.2) is 12.5 Å². The first-order valence-electron chi connectivity index (χ1n) is 7.97. The van der Waals surface area contributed by atoms with Crippen molar-refractivity contribution in [3.63, 3.8) is 0 Å². The van der Waals surface area contributed by atoms with Crippen LogP contribution in [0, 0.1) is 6.92 Å². The predicted molar refractivity (Wildman–Crippen MR) is 105 cm³/mol. The van der Waals surface area contributed by atoms with Crippen molar-refractivity contribution in [1.29, 1.82) is 0 Å². The molecule has 0 radical (unpaired) electrons. The second-order valence-corrected chi connectivity index (χ2v) is 6.51. The number of carbonyl (C=O) groups excluding carboxylic acids is 1. The van der Waals surface area contributed by atoms with Crippen molar-refractivity contribution in [2.75, 3.05) is 11.9 Å². The smallest absolute Gasteiger partial charge is 0.262 e. The topological polar surface area (TPSA) is 38.3 Å². The molecule has 0 bridgehead atoms. The molecular weight excluding hydrogens is 378 g/mol. The van der Waals surface area contributed by atoms with Crippen LogP contribution in [0.2, 0.25) is 0 Å². The number of amides is 1. The maximum absolute atomic E-state index is 12.3. The van der Waals surface area contributed by atoms with Gasteiger partial charge in [-0.1, -0.05) is 64.5 Å². The highest BCUT2D eigenvalue weighted by molar-refractivity contribution is 9.10. The number of halogens is 1. The number of benzene rings is 3. The number of aryl methyl sites for hydroxylation is 1. The molecule has 3 rings (SSSR count). The summed E-state index contributed by atoms with van der Waals surface area (Å²) in [6, 6.07) is 23.4. The molecule has 0 unspecified atom stereocenters. The van der Waals surface area contributed by atoms with Crippen LogP contribution < -0.4 is 10.1 Å². The largest absolute Gasteiger partial charge is 0.484 e. The van der Waals surface area contributed by atoms with Crippen molar-refractivity contribution in [2.45, 2.75) is 6.92 Å². The molecule has 0 atom stereocenters. The third kappa shape index (κ3) is 4.48. The summed E-state index contributed by atoms with van der Waals surface area (Å²) < 4.78 is 6.60. The molecule has 126 valence electrons. The van der Waals surface area contributed by atoms with Gasteiger partial charge in [0.05, 0.1) is 0 Å². The lowest BCUT2D eigenvalue weighted by Gasteiger charge is -2.12. The van der Waals surface area contributed by atoms with Gasteiger partial charge in [0.25, 0.3) is 5.91 Å². The van der Waals surface area contributed by atoms with Gasteiger partial charge in [-0.15, -0.1) is 0 Å². The van der Waals surface area contributed by atoms with E-state index in [2.05, 4.69) is 21.2 Å². The van der Waals surface area contributed by atoms with E-state index in [4.69, 9.17) is 4.74 Å². The fourth-order valence-corrected chi connectivity index (χ4v) is 2.75. The fraction of sp³-hybridized carbons (Fsp3) is 0.0952. The van der Waals surface area contributed by atoms with Gasteiger partial charge >= 0.3 is 0 Å². The number of hydrogen-bond acceptors (Lipinski definition) is 2. The van der Waals surface area contributed by atoms with E-state index >= 15 is 0 Å². The number of anilines is 1. The van der Waals surface area contributed by atoms with Crippen molar-refractivity contribution >= 4 is 27.5 Å². The summed E-state index contributed by atoms with van der Waals surface area (Å²) in [7, 11) is 0. The lowest BCUT2D eigenvalue weighted by molar-refractivity contribution is -0.118. The molecule has 0 aliphatic carbocycles.